The Balaban J connectivity index is 2.18. The van der Waals surface area contributed by atoms with Gasteiger partial charge < -0.3 is 15.1 Å². The van der Waals surface area contributed by atoms with E-state index in [-0.39, 0.29) is 0 Å². The van der Waals surface area contributed by atoms with Crippen LogP contribution >= 0.6 is 23.2 Å². The Bertz CT molecular complexity index is 422. The molecule has 0 bridgehead atoms. The topological polar surface area (TPSA) is 63.4 Å². The number of halogens is 2. The van der Waals surface area contributed by atoms with Gasteiger partial charge in [0.2, 0.25) is 0 Å². The van der Waals surface area contributed by atoms with E-state index in [9.17, 15) is 0 Å². The Labute approximate surface area is 116 Å². The Morgan fingerprint density at radius 1 is 1.39 bits per heavy atom. The van der Waals surface area contributed by atoms with Crippen LogP contribution in [-0.4, -0.2) is 31.3 Å². The zero-order chi connectivity index (χ0) is 13.1. The van der Waals surface area contributed by atoms with E-state index in [2.05, 4.69) is 15.3 Å². The van der Waals surface area contributed by atoms with Gasteiger partial charge >= 0.3 is 0 Å². The van der Waals surface area contributed by atoms with Crippen molar-refractivity contribution < 1.29 is 4.74 Å². The highest BCUT2D eigenvalue weighted by atomic mass is 35.5. The summed E-state index contributed by atoms with van der Waals surface area (Å²) in [6.07, 6.45) is 2.24. The van der Waals surface area contributed by atoms with Crippen LogP contribution in [0.5, 0.6) is 0 Å². The number of ether oxygens (including phenoxy) is 1. The lowest BCUT2D eigenvalue weighted by atomic mass is 10.1. The zero-order valence-corrected chi connectivity index (χ0v) is 11.6. The average Bonchev–Trinajstić information content (AvgIpc) is 2.39. The van der Waals surface area contributed by atoms with Crippen LogP contribution in [0.4, 0.5) is 11.6 Å². The van der Waals surface area contributed by atoms with Crippen LogP contribution in [0.1, 0.15) is 12.8 Å². The molecule has 1 aromatic heterocycles. The zero-order valence-electron chi connectivity index (χ0n) is 10.1. The number of aromatic nitrogens is 1. The van der Waals surface area contributed by atoms with Gasteiger partial charge in [-0.25, -0.2) is 10.8 Å². The second-order valence-electron chi connectivity index (χ2n) is 4.19. The third-order valence-electron chi connectivity index (χ3n) is 3.12. The lowest BCUT2D eigenvalue weighted by molar-refractivity contribution is 0.0818. The average molecular weight is 291 g/mol. The van der Waals surface area contributed by atoms with E-state index in [0.29, 0.717) is 27.8 Å². The molecule has 1 aliphatic heterocycles. The summed E-state index contributed by atoms with van der Waals surface area (Å²) in [5, 5.41) is 0.952. The van der Waals surface area contributed by atoms with E-state index in [1.54, 1.807) is 13.2 Å². The number of nitrogens with two attached hydrogens (primary N) is 1. The molecule has 7 heteroatoms. The maximum atomic E-state index is 6.17. The summed E-state index contributed by atoms with van der Waals surface area (Å²) in [4.78, 5) is 6.47. The van der Waals surface area contributed by atoms with Crippen molar-refractivity contribution in [2.75, 3.05) is 30.5 Å². The first-order chi connectivity index (χ1) is 8.65. The van der Waals surface area contributed by atoms with Gasteiger partial charge in [0.1, 0.15) is 5.82 Å². The molecule has 5 nitrogen and oxygen atoms in total. The molecule has 1 aromatic rings. The molecule has 0 unspecified atom stereocenters. The van der Waals surface area contributed by atoms with Crippen molar-refractivity contribution in [3.63, 3.8) is 0 Å². The maximum Gasteiger partial charge on any atom is 0.161 e. The molecule has 1 aliphatic rings. The number of rotatable bonds is 3. The van der Waals surface area contributed by atoms with Crippen molar-refractivity contribution in [3.8, 4) is 0 Å². The molecule has 0 radical (unpaired) electrons. The van der Waals surface area contributed by atoms with Gasteiger partial charge in [-0.05, 0) is 18.9 Å². The molecule has 2 heterocycles. The normalized spacial score (nSPS) is 17.0. The smallest absolute Gasteiger partial charge is 0.161 e. The van der Waals surface area contributed by atoms with Crippen LogP contribution < -0.4 is 16.2 Å². The fourth-order valence-electron chi connectivity index (χ4n) is 2.08. The van der Waals surface area contributed by atoms with E-state index in [1.807, 2.05) is 0 Å². The van der Waals surface area contributed by atoms with Crippen molar-refractivity contribution in [1.29, 1.82) is 0 Å². The van der Waals surface area contributed by atoms with Crippen molar-refractivity contribution >= 4 is 34.8 Å². The van der Waals surface area contributed by atoms with E-state index >= 15 is 0 Å². The third-order valence-corrected chi connectivity index (χ3v) is 3.69. The Morgan fingerprint density at radius 3 is 2.61 bits per heavy atom. The maximum absolute atomic E-state index is 6.17. The number of piperidine rings is 1. The molecule has 0 spiro atoms. The fourth-order valence-corrected chi connectivity index (χ4v) is 2.62. The molecule has 0 amide bonds. The molecule has 3 N–H and O–H groups in total. The van der Waals surface area contributed by atoms with Crippen LogP contribution in [0, 0.1) is 0 Å². The first-order valence-corrected chi connectivity index (χ1v) is 6.51. The molecular weight excluding hydrogens is 275 g/mol. The predicted octanol–water partition coefficient (Wildman–Crippen LogP) is 2.29. The summed E-state index contributed by atoms with van der Waals surface area (Å²) in [5.41, 5.74) is 2.47. The van der Waals surface area contributed by atoms with E-state index in [4.69, 9.17) is 33.8 Å². The van der Waals surface area contributed by atoms with E-state index in [0.717, 1.165) is 25.9 Å². The molecule has 1 fully saturated rings. The standard InChI is InChI=1S/C11H16Cl2N4O/c1-18-7-2-4-17(5-3-7)11-9(13)6-8(12)10(15-11)16-14/h6-7H,2-5,14H2,1H3,(H,15,16). The van der Waals surface area contributed by atoms with Crippen LogP contribution in [0.25, 0.3) is 0 Å². The Kier molecular flexibility index (Phi) is 4.50. The van der Waals surface area contributed by atoms with Gasteiger partial charge in [0.25, 0.3) is 0 Å². The van der Waals surface area contributed by atoms with Crippen molar-refractivity contribution in [3.05, 3.63) is 16.1 Å². The summed E-state index contributed by atoms with van der Waals surface area (Å²) in [6, 6.07) is 1.66. The van der Waals surface area contributed by atoms with Gasteiger partial charge in [-0.15, -0.1) is 0 Å². The summed E-state index contributed by atoms with van der Waals surface area (Å²) in [5.74, 6) is 6.51. The van der Waals surface area contributed by atoms with Gasteiger partial charge in [0, 0.05) is 20.2 Å². The van der Waals surface area contributed by atoms with Crippen molar-refractivity contribution in [1.82, 2.24) is 4.98 Å². The number of hydrogen-bond acceptors (Lipinski definition) is 5. The number of methoxy groups -OCH3 is 1. The second-order valence-corrected chi connectivity index (χ2v) is 5.01. The van der Waals surface area contributed by atoms with Gasteiger partial charge in [0.05, 0.1) is 16.1 Å². The van der Waals surface area contributed by atoms with Crippen LogP contribution in [-0.2, 0) is 4.74 Å². The monoisotopic (exact) mass is 290 g/mol. The number of hydrazine groups is 1. The van der Waals surface area contributed by atoms with Crippen LogP contribution in [0.2, 0.25) is 10.0 Å². The molecule has 100 valence electrons. The number of nitrogens with one attached hydrogen (secondary N) is 1. The SMILES string of the molecule is COC1CCN(c2nc(NN)c(Cl)cc2Cl)CC1. The molecule has 0 saturated carbocycles. The number of nitrogen functional groups attached to an aromatic ring is 1. The number of pyridine rings is 1. The van der Waals surface area contributed by atoms with Gasteiger partial charge in [-0.3, -0.25) is 0 Å². The van der Waals surface area contributed by atoms with E-state index in [1.165, 1.54) is 0 Å². The highest BCUT2D eigenvalue weighted by Crippen LogP contribution is 2.32. The molecule has 0 aliphatic carbocycles. The van der Waals surface area contributed by atoms with Crippen LogP contribution in [0.15, 0.2) is 6.07 Å². The van der Waals surface area contributed by atoms with Gasteiger partial charge in [0.15, 0.2) is 5.82 Å². The molecule has 1 saturated heterocycles. The van der Waals surface area contributed by atoms with Gasteiger partial charge in [-0.1, -0.05) is 23.2 Å². The lowest BCUT2D eigenvalue weighted by Gasteiger charge is -2.32. The largest absolute Gasteiger partial charge is 0.381 e. The molecule has 0 atom stereocenters. The number of nitrogens with zero attached hydrogens (tertiary/aromatic N) is 2. The van der Waals surface area contributed by atoms with Crippen LogP contribution in [0.3, 0.4) is 0 Å². The Morgan fingerprint density at radius 2 is 2.06 bits per heavy atom. The summed E-state index contributed by atoms with van der Waals surface area (Å²) >= 11 is 12.1. The molecule has 18 heavy (non-hydrogen) atoms. The van der Waals surface area contributed by atoms with Crippen molar-refractivity contribution in [2.45, 2.75) is 18.9 Å². The highest BCUT2D eigenvalue weighted by Gasteiger charge is 2.22. The lowest BCUT2D eigenvalue weighted by Crippen LogP contribution is -2.37. The van der Waals surface area contributed by atoms with E-state index < -0.39 is 0 Å². The second kappa shape index (κ2) is 5.93. The first-order valence-electron chi connectivity index (χ1n) is 5.76. The molecule has 2 rings (SSSR count). The van der Waals surface area contributed by atoms with Crippen molar-refractivity contribution in [2.24, 2.45) is 5.84 Å². The molecule has 0 aromatic carbocycles. The fraction of sp³-hybridized carbons (Fsp3) is 0.545. The predicted molar refractivity (Wildman–Crippen MR) is 74.3 cm³/mol. The summed E-state index contributed by atoms with van der Waals surface area (Å²) < 4.78 is 5.34. The minimum atomic E-state index is 0.319. The number of hydrogen-bond donors (Lipinski definition) is 2. The third kappa shape index (κ3) is 2.80. The Hall–Kier alpha value is -0.750. The van der Waals surface area contributed by atoms with Gasteiger partial charge in [-0.2, -0.15) is 0 Å². The number of anilines is 2. The highest BCUT2D eigenvalue weighted by molar-refractivity contribution is 6.37. The molecular formula is C11H16Cl2N4O. The summed E-state index contributed by atoms with van der Waals surface area (Å²) in [7, 11) is 1.74. The minimum absolute atomic E-state index is 0.319. The first kappa shape index (κ1) is 13.7. The summed E-state index contributed by atoms with van der Waals surface area (Å²) in [6.45, 7) is 1.72. The minimum Gasteiger partial charge on any atom is -0.381 e. The quantitative estimate of drug-likeness (QED) is 0.661.